The van der Waals surface area contributed by atoms with Gasteiger partial charge in [-0.25, -0.2) is 4.98 Å². The van der Waals surface area contributed by atoms with Crippen molar-refractivity contribution in [3.63, 3.8) is 0 Å². The standard InChI is InChI=1S/C14H15N3O/c1-9-5-12(10(2)18-9)13-8-17-4-3-11(7-15)6-14(17)16-13/h3-6,8H,7,15H2,1-2H3. The Morgan fingerprint density at radius 2 is 2.17 bits per heavy atom. The molecule has 2 N–H and O–H groups in total. The van der Waals surface area contributed by atoms with Gasteiger partial charge in [-0.05, 0) is 37.6 Å². The molecule has 18 heavy (non-hydrogen) atoms. The molecule has 0 saturated carbocycles. The number of hydrogen-bond acceptors (Lipinski definition) is 3. The van der Waals surface area contributed by atoms with Crippen molar-refractivity contribution in [1.29, 1.82) is 0 Å². The third-order valence-corrected chi connectivity index (χ3v) is 3.08. The molecule has 0 amide bonds. The normalized spacial score (nSPS) is 11.3. The van der Waals surface area contributed by atoms with Crippen molar-refractivity contribution in [2.24, 2.45) is 5.73 Å². The molecule has 0 aromatic carbocycles. The van der Waals surface area contributed by atoms with Gasteiger partial charge in [-0.1, -0.05) is 0 Å². The van der Waals surface area contributed by atoms with Crippen LogP contribution in [0.2, 0.25) is 0 Å². The molecule has 0 unspecified atom stereocenters. The third-order valence-electron chi connectivity index (χ3n) is 3.08. The average molecular weight is 241 g/mol. The van der Waals surface area contributed by atoms with Gasteiger partial charge in [-0.15, -0.1) is 0 Å². The quantitative estimate of drug-likeness (QED) is 0.750. The van der Waals surface area contributed by atoms with E-state index >= 15 is 0 Å². The zero-order valence-electron chi connectivity index (χ0n) is 10.5. The molecule has 0 aliphatic rings. The first-order valence-corrected chi connectivity index (χ1v) is 5.92. The number of rotatable bonds is 2. The molecule has 3 aromatic rings. The smallest absolute Gasteiger partial charge is 0.137 e. The van der Waals surface area contributed by atoms with E-state index < -0.39 is 0 Å². The van der Waals surface area contributed by atoms with Gasteiger partial charge in [0.25, 0.3) is 0 Å². The fourth-order valence-electron chi connectivity index (χ4n) is 2.17. The van der Waals surface area contributed by atoms with Gasteiger partial charge in [0.1, 0.15) is 17.2 Å². The zero-order valence-corrected chi connectivity index (χ0v) is 10.5. The average Bonchev–Trinajstić information content (AvgIpc) is 2.90. The van der Waals surface area contributed by atoms with Crippen LogP contribution in [0.15, 0.2) is 35.0 Å². The van der Waals surface area contributed by atoms with Gasteiger partial charge < -0.3 is 14.6 Å². The lowest BCUT2D eigenvalue weighted by Gasteiger charge is -1.96. The molecule has 0 atom stereocenters. The maximum atomic E-state index is 5.63. The Labute approximate surface area is 105 Å². The number of aryl methyl sites for hydroxylation is 2. The number of furan rings is 1. The Hall–Kier alpha value is -2.07. The van der Waals surface area contributed by atoms with Gasteiger partial charge in [0.15, 0.2) is 0 Å². The van der Waals surface area contributed by atoms with Gasteiger partial charge >= 0.3 is 0 Å². The molecule has 0 radical (unpaired) electrons. The Morgan fingerprint density at radius 3 is 2.83 bits per heavy atom. The second kappa shape index (κ2) is 3.99. The van der Waals surface area contributed by atoms with Gasteiger partial charge in [0.05, 0.1) is 5.69 Å². The summed E-state index contributed by atoms with van der Waals surface area (Å²) in [6, 6.07) is 6.03. The summed E-state index contributed by atoms with van der Waals surface area (Å²) >= 11 is 0. The summed E-state index contributed by atoms with van der Waals surface area (Å²) in [7, 11) is 0. The van der Waals surface area contributed by atoms with Crippen molar-refractivity contribution in [2.75, 3.05) is 0 Å². The Morgan fingerprint density at radius 1 is 1.33 bits per heavy atom. The van der Waals surface area contributed by atoms with Crippen molar-refractivity contribution >= 4 is 5.65 Å². The second-order valence-electron chi connectivity index (χ2n) is 4.46. The van der Waals surface area contributed by atoms with Crippen LogP contribution in [-0.2, 0) is 6.54 Å². The molecular weight excluding hydrogens is 226 g/mol. The third kappa shape index (κ3) is 1.71. The number of nitrogens with zero attached hydrogens (tertiary/aromatic N) is 2. The maximum Gasteiger partial charge on any atom is 0.137 e. The van der Waals surface area contributed by atoms with E-state index in [9.17, 15) is 0 Å². The Kier molecular flexibility index (Phi) is 2.45. The highest BCUT2D eigenvalue weighted by Gasteiger charge is 2.11. The van der Waals surface area contributed by atoms with Crippen molar-refractivity contribution in [2.45, 2.75) is 20.4 Å². The molecule has 0 fully saturated rings. The van der Waals surface area contributed by atoms with Crippen molar-refractivity contribution in [3.8, 4) is 11.3 Å². The van der Waals surface area contributed by atoms with Crippen LogP contribution in [0.5, 0.6) is 0 Å². The monoisotopic (exact) mass is 241 g/mol. The second-order valence-corrected chi connectivity index (χ2v) is 4.46. The molecule has 92 valence electrons. The van der Waals surface area contributed by atoms with E-state index in [2.05, 4.69) is 4.98 Å². The molecule has 3 aromatic heterocycles. The minimum Gasteiger partial charge on any atom is -0.466 e. The molecule has 3 rings (SSSR count). The first-order valence-electron chi connectivity index (χ1n) is 5.92. The topological polar surface area (TPSA) is 56.5 Å². The summed E-state index contributed by atoms with van der Waals surface area (Å²) in [5, 5.41) is 0. The van der Waals surface area contributed by atoms with E-state index in [0.29, 0.717) is 6.54 Å². The Balaban J connectivity index is 2.16. The molecule has 0 saturated heterocycles. The fourth-order valence-corrected chi connectivity index (χ4v) is 2.17. The van der Waals surface area contributed by atoms with E-state index in [1.54, 1.807) is 0 Å². The van der Waals surface area contributed by atoms with Gasteiger partial charge in [-0.2, -0.15) is 0 Å². The van der Waals surface area contributed by atoms with Crippen molar-refractivity contribution in [3.05, 3.63) is 47.7 Å². The number of fused-ring (bicyclic) bond motifs is 1. The number of aromatic nitrogens is 2. The Bertz CT molecular complexity index is 709. The number of pyridine rings is 1. The van der Waals surface area contributed by atoms with Crippen LogP contribution in [0.4, 0.5) is 0 Å². The predicted molar refractivity (Wildman–Crippen MR) is 70.3 cm³/mol. The molecule has 0 aliphatic carbocycles. The van der Waals surface area contributed by atoms with Crippen LogP contribution in [-0.4, -0.2) is 9.38 Å². The molecule has 4 heteroatoms. The van der Waals surface area contributed by atoms with Crippen LogP contribution >= 0.6 is 0 Å². The molecule has 4 nitrogen and oxygen atoms in total. The highest BCUT2D eigenvalue weighted by Crippen LogP contribution is 2.26. The maximum absolute atomic E-state index is 5.63. The summed E-state index contributed by atoms with van der Waals surface area (Å²) in [5.74, 6) is 1.80. The van der Waals surface area contributed by atoms with E-state index in [-0.39, 0.29) is 0 Å². The SMILES string of the molecule is Cc1cc(-c2cn3ccc(CN)cc3n2)c(C)o1. The summed E-state index contributed by atoms with van der Waals surface area (Å²) in [5.41, 5.74) is 9.60. The predicted octanol–water partition coefficient (Wildman–Crippen LogP) is 2.67. The van der Waals surface area contributed by atoms with E-state index in [1.807, 2.05) is 48.8 Å². The van der Waals surface area contributed by atoms with Crippen LogP contribution in [0.3, 0.4) is 0 Å². The van der Waals surface area contributed by atoms with Crippen LogP contribution in [0.25, 0.3) is 16.9 Å². The minimum atomic E-state index is 0.530. The van der Waals surface area contributed by atoms with Crippen LogP contribution < -0.4 is 5.73 Å². The van der Waals surface area contributed by atoms with Crippen LogP contribution in [0, 0.1) is 13.8 Å². The van der Waals surface area contributed by atoms with Crippen LogP contribution in [0.1, 0.15) is 17.1 Å². The number of imidazole rings is 1. The summed E-state index contributed by atoms with van der Waals surface area (Å²) in [6.07, 6.45) is 3.99. The van der Waals surface area contributed by atoms with Crippen molar-refractivity contribution < 1.29 is 4.42 Å². The largest absolute Gasteiger partial charge is 0.466 e. The summed E-state index contributed by atoms with van der Waals surface area (Å²) in [6.45, 7) is 4.43. The zero-order chi connectivity index (χ0) is 12.7. The lowest BCUT2D eigenvalue weighted by atomic mass is 10.2. The first-order chi connectivity index (χ1) is 8.67. The summed E-state index contributed by atoms with van der Waals surface area (Å²) < 4.78 is 7.54. The summed E-state index contributed by atoms with van der Waals surface area (Å²) in [4.78, 5) is 4.61. The molecule has 0 aliphatic heterocycles. The van der Waals surface area contributed by atoms with Gasteiger partial charge in [0.2, 0.25) is 0 Å². The molecule has 0 spiro atoms. The van der Waals surface area contributed by atoms with E-state index in [0.717, 1.165) is 34.0 Å². The van der Waals surface area contributed by atoms with Gasteiger partial charge in [-0.3, -0.25) is 0 Å². The molecule has 3 heterocycles. The van der Waals surface area contributed by atoms with E-state index in [1.165, 1.54) is 0 Å². The van der Waals surface area contributed by atoms with Crippen molar-refractivity contribution in [1.82, 2.24) is 9.38 Å². The fraction of sp³-hybridized carbons (Fsp3) is 0.214. The lowest BCUT2D eigenvalue weighted by molar-refractivity contribution is 0.505. The minimum absolute atomic E-state index is 0.530. The number of nitrogens with two attached hydrogens (primary N) is 1. The first kappa shape index (κ1) is 11.0. The molecular formula is C14H15N3O. The highest BCUT2D eigenvalue weighted by molar-refractivity contribution is 5.65. The van der Waals surface area contributed by atoms with Gasteiger partial charge in [0, 0.05) is 24.5 Å². The number of hydrogen-bond donors (Lipinski definition) is 1. The highest BCUT2D eigenvalue weighted by atomic mass is 16.3. The lowest BCUT2D eigenvalue weighted by Crippen LogP contribution is -1.96. The van der Waals surface area contributed by atoms with E-state index in [4.69, 9.17) is 10.2 Å². The molecule has 0 bridgehead atoms.